The third kappa shape index (κ3) is 1.03. The fraction of sp³-hybridized carbons (Fsp3) is 0.667. The minimum Gasteiger partial charge on any atom is -0.427 e. The van der Waals surface area contributed by atoms with E-state index in [1.807, 2.05) is 0 Å². The summed E-state index contributed by atoms with van der Waals surface area (Å²) in [5, 5.41) is 3.97. The van der Waals surface area contributed by atoms with Gasteiger partial charge in [-0.1, -0.05) is 0 Å². The van der Waals surface area contributed by atoms with E-state index in [9.17, 15) is 4.79 Å². The lowest BCUT2D eigenvalue weighted by atomic mass is 10.7. The van der Waals surface area contributed by atoms with E-state index in [1.54, 1.807) is 0 Å². The summed E-state index contributed by atoms with van der Waals surface area (Å²) in [4.78, 5) is 12.8. The Hall–Kier alpha value is -1.42. The Morgan fingerprint density at radius 2 is 2.67 bits per heavy atom. The van der Waals surface area contributed by atoms with Crippen LogP contribution in [-0.2, 0) is 4.74 Å². The van der Waals surface area contributed by atoms with Gasteiger partial charge >= 0.3 is 6.09 Å². The van der Waals surface area contributed by atoms with E-state index >= 15 is 0 Å². The van der Waals surface area contributed by atoms with Crippen LogP contribution in [-0.4, -0.2) is 24.3 Å². The van der Waals surface area contributed by atoms with Crippen molar-refractivity contribution in [2.45, 2.75) is 0 Å². The van der Waals surface area contributed by atoms with E-state index in [0.717, 1.165) is 5.01 Å². The summed E-state index contributed by atoms with van der Waals surface area (Å²) < 4.78 is 4.44. The van der Waals surface area contributed by atoms with Gasteiger partial charge < -0.3 is 4.74 Å². The Labute approximate surface area is 50.6 Å². The third-order valence-corrected chi connectivity index (χ3v) is 0.887. The molecule has 0 radical (unpaired) electrons. The number of hydrogen-bond donors (Lipinski definition) is 0. The first-order valence-electron chi connectivity index (χ1n) is 2.34. The van der Waals surface area contributed by atoms with Gasteiger partial charge in [0.15, 0.2) is 0 Å². The van der Waals surface area contributed by atoms with Crippen LogP contribution in [0, 0.1) is 0 Å². The van der Waals surface area contributed by atoms with Crippen molar-refractivity contribution in [2.75, 3.05) is 13.2 Å². The summed E-state index contributed by atoms with van der Waals surface area (Å²) in [7, 11) is 0. The van der Waals surface area contributed by atoms with Crippen LogP contribution < -0.4 is 0 Å². The van der Waals surface area contributed by atoms with Gasteiger partial charge in [0.05, 0.1) is 0 Å². The maximum absolute atomic E-state index is 10.4. The molecule has 6 nitrogen and oxygen atoms in total. The van der Waals surface area contributed by atoms with Gasteiger partial charge in [0.1, 0.15) is 13.2 Å². The molecule has 1 fully saturated rings. The van der Waals surface area contributed by atoms with Gasteiger partial charge in [0, 0.05) is 0 Å². The number of carbonyl (C=O) groups is 1. The zero-order valence-electron chi connectivity index (χ0n) is 4.52. The van der Waals surface area contributed by atoms with Crippen molar-refractivity contribution in [3.63, 3.8) is 0 Å². The number of cyclic esters (lactones) is 1. The lowest BCUT2D eigenvalue weighted by Crippen LogP contribution is -2.15. The Balaban J connectivity index is 2.59. The summed E-state index contributed by atoms with van der Waals surface area (Å²) in [6.07, 6.45) is -0.576. The fourth-order valence-corrected chi connectivity index (χ4v) is 0.515. The number of nitrogens with zero attached hydrogens (tertiary/aromatic N) is 4. The van der Waals surface area contributed by atoms with Gasteiger partial charge in [0.25, 0.3) is 0 Å². The van der Waals surface area contributed by atoms with E-state index < -0.39 is 6.09 Å². The van der Waals surface area contributed by atoms with Gasteiger partial charge in [0.2, 0.25) is 0 Å². The molecule has 1 amide bonds. The van der Waals surface area contributed by atoms with Crippen LogP contribution in [0.4, 0.5) is 4.79 Å². The molecule has 0 saturated carbocycles. The minimum atomic E-state index is -0.576. The average molecular weight is 128 g/mol. The molecule has 1 heterocycles. The zero-order valence-corrected chi connectivity index (χ0v) is 4.52. The lowest BCUT2D eigenvalue weighted by Gasteiger charge is -1.93. The summed E-state index contributed by atoms with van der Waals surface area (Å²) in [5.41, 5.74) is 7.85. The van der Waals surface area contributed by atoms with Crippen LogP contribution in [0.25, 0.3) is 10.4 Å². The van der Waals surface area contributed by atoms with Crippen LogP contribution in [0.2, 0.25) is 0 Å². The summed E-state index contributed by atoms with van der Waals surface area (Å²) in [5.74, 6) is 0. The second-order valence-corrected chi connectivity index (χ2v) is 1.42. The number of rotatable bonds is 1. The molecule has 0 aromatic rings. The molecule has 0 N–H and O–H groups in total. The summed E-state index contributed by atoms with van der Waals surface area (Å²) in [6.45, 7) is 0.654. The van der Waals surface area contributed by atoms with E-state index in [-0.39, 0.29) is 0 Å². The highest BCUT2D eigenvalue weighted by molar-refractivity contribution is 5.68. The molecule has 0 aromatic heterocycles. The third-order valence-electron chi connectivity index (χ3n) is 0.887. The van der Waals surface area contributed by atoms with E-state index in [2.05, 4.69) is 14.9 Å². The van der Waals surface area contributed by atoms with Crippen molar-refractivity contribution in [1.29, 1.82) is 0 Å². The minimum absolute atomic E-state index is 0.303. The van der Waals surface area contributed by atoms with Gasteiger partial charge in [-0.05, 0) is 5.22 Å². The van der Waals surface area contributed by atoms with Crippen molar-refractivity contribution in [3.8, 4) is 0 Å². The Morgan fingerprint density at radius 1 is 1.89 bits per heavy atom. The Morgan fingerprint density at radius 3 is 3.11 bits per heavy atom. The van der Waals surface area contributed by atoms with Gasteiger partial charge in [-0.15, -0.1) is 10.5 Å². The smallest absolute Gasteiger partial charge is 0.427 e. The molecule has 1 aliphatic heterocycles. The molecule has 0 bridgehead atoms. The molecule has 9 heavy (non-hydrogen) atoms. The average Bonchev–Trinajstić information content (AvgIpc) is 2.18. The Bertz CT molecular complexity index is 173. The van der Waals surface area contributed by atoms with Crippen LogP contribution >= 0.6 is 0 Å². The van der Waals surface area contributed by atoms with Crippen molar-refractivity contribution in [1.82, 2.24) is 5.01 Å². The van der Waals surface area contributed by atoms with Gasteiger partial charge in [-0.2, -0.15) is 9.71 Å². The largest absolute Gasteiger partial charge is 0.510 e. The molecule has 0 spiro atoms. The van der Waals surface area contributed by atoms with Crippen molar-refractivity contribution >= 4 is 6.09 Å². The number of hydrogen-bond acceptors (Lipinski definition) is 3. The second-order valence-electron chi connectivity index (χ2n) is 1.42. The zero-order chi connectivity index (χ0) is 6.69. The van der Waals surface area contributed by atoms with E-state index in [0.29, 0.717) is 13.2 Å². The maximum Gasteiger partial charge on any atom is 0.510 e. The normalized spacial score (nSPS) is 16.9. The topological polar surface area (TPSA) is 78.3 Å². The summed E-state index contributed by atoms with van der Waals surface area (Å²) in [6, 6.07) is 0. The number of azide groups is 1. The molecule has 1 rings (SSSR count). The number of carbonyl (C=O) groups excluding carboxylic acids is 1. The highest BCUT2D eigenvalue weighted by Crippen LogP contribution is 2.02. The molecule has 6 heteroatoms. The van der Waals surface area contributed by atoms with E-state index in [4.69, 9.17) is 5.53 Å². The molecule has 48 valence electrons. The number of amides is 1. The standard InChI is InChI=1S/C3H4N4O2/c4-5-6-7-1-2-9-3(7)8/h1-2H2. The van der Waals surface area contributed by atoms with Gasteiger partial charge in [-0.25, -0.2) is 0 Å². The summed E-state index contributed by atoms with van der Waals surface area (Å²) >= 11 is 0. The molecule has 1 aliphatic rings. The number of ether oxygens (including phenoxy) is 1. The molecule has 0 aromatic carbocycles. The predicted octanol–water partition coefficient (Wildman–Crippen LogP) is 0.664. The quantitative estimate of drug-likeness (QED) is 0.295. The van der Waals surface area contributed by atoms with E-state index in [1.165, 1.54) is 0 Å². The molecule has 0 atom stereocenters. The molecule has 0 unspecified atom stereocenters. The molecule has 1 saturated heterocycles. The molecular weight excluding hydrogens is 124 g/mol. The van der Waals surface area contributed by atoms with Crippen LogP contribution in [0.15, 0.2) is 5.22 Å². The molecule has 0 aliphatic carbocycles. The van der Waals surface area contributed by atoms with Crippen LogP contribution in [0.5, 0.6) is 0 Å². The fourth-order valence-electron chi connectivity index (χ4n) is 0.515. The van der Waals surface area contributed by atoms with Crippen LogP contribution in [0.1, 0.15) is 0 Å². The van der Waals surface area contributed by atoms with Crippen molar-refractivity contribution < 1.29 is 9.53 Å². The highest BCUT2D eigenvalue weighted by Gasteiger charge is 2.25. The van der Waals surface area contributed by atoms with Crippen LogP contribution in [0.3, 0.4) is 0 Å². The first-order valence-corrected chi connectivity index (χ1v) is 2.34. The monoisotopic (exact) mass is 128 g/mol. The van der Waals surface area contributed by atoms with Crippen molar-refractivity contribution in [3.05, 3.63) is 10.4 Å². The van der Waals surface area contributed by atoms with Crippen molar-refractivity contribution in [2.24, 2.45) is 5.22 Å². The highest BCUT2D eigenvalue weighted by atomic mass is 16.6. The second kappa shape index (κ2) is 2.23. The maximum atomic E-state index is 10.4. The Kier molecular flexibility index (Phi) is 1.42. The first kappa shape index (κ1) is 5.71. The first-order chi connectivity index (χ1) is 4.34. The van der Waals surface area contributed by atoms with Gasteiger partial charge in [-0.3, -0.25) is 0 Å². The lowest BCUT2D eigenvalue weighted by molar-refractivity contribution is 0.159. The SMILES string of the molecule is [N-]=[N+]=NN1CCOC1=O. The predicted molar refractivity (Wildman–Crippen MR) is 27.2 cm³/mol. The molecular formula is C3H4N4O2.